The highest BCUT2D eigenvalue weighted by molar-refractivity contribution is 5.83. The monoisotopic (exact) mass is 297 g/mol. The summed E-state index contributed by atoms with van der Waals surface area (Å²) in [6, 6.07) is 0.299. The van der Waals surface area contributed by atoms with Gasteiger partial charge in [0.1, 0.15) is 5.52 Å². The lowest BCUT2D eigenvalue weighted by atomic mass is 10.0. The summed E-state index contributed by atoms with van der Waals surface area (Å²) in [6.07, 6.45) is 1.14. The number of nitrogens with one attached hydrogen (secondary N) is 1. The van der Waals surface area contributed by atoms with Crippen LogP contribution >= 0.6 is 0 Å². The maximum atomic E-state index is 13.0. The number of aromatic amines is 1. The van der Waals surface area contributed by atoms with Gasteiger partial charge >= 0.3 is 6.18 Å². The van der Waals surface area contributed by atoms with E-state index in [1.807, 2.05) is 4.90 Å². The fourth-order valence-corrected chi connectivity index (χ4v) is 3.65. The van der Waals surface area contributed by atoms with Gasteiger partial charge in [0.15, 0.2) is 11.5 Å². The third-order valence-electron chi connectivity index (χ3n) is 4.55. The Morgan fingerprint density at radius 1 is 1.19 bits per heavy atom. The van der Waals surface area contributed by atoms with Crippen molar-refractivity contribution in [1.82, 2.24) is 19.9 Å². The molecule has 2 unspecified atom stereocenters. The number of aromatic nitrogens is 4. The smallest absolute Gasteiger partial charge is 0.351 e. The summed E-state index contributed by atoms with van der Waals surface area (Å²) in [7, 11) is 0. The fraction of sp³-hybridized carbons (Fsp3) is 0.615. The lowest BCUT2D eigenvalue weighted by Crippen LogP contribution is -2.31. The molecular formula is C13H14F3N5. The molecule has 1 saturated heterocycles. The van der Waals surface area contributed by atoms with E-state index >= 15 is 0 Å². The Bertz CT molecular complexity index is 680. The van der Waals surface area contributed by atoms with Crippen LogP contribution in [0.2, 0.25) is 0 Å². The molecule has 2 aromatic heterocycles. The van der Waals surface area contributed by atoms with Crippen molar-refractivity contribution in [1.29, 1.82) is 0 Å². The minimum Gasteiger partial charge on any atom is -0.351 e. The molecule has 1 saturated carbocycles. The summed E-state index contributed by atoms with van der Waals surface area (Å²) >= 11 is 0. The zero-order valence-electron chi connectivity index (χ0n) is 11.2. The predicted octanol–water partition coefficient (Wildman–Crippen LogP) is 2.75. The summed E-state index contributed by atoms with van der Waals surface area (Å²) < 4.78 is 38.9. The molecule has 2 aliphatic rings. The Balaban J connectivity index is 1.85. The van der Waals surface area contributed by atoms with Gasteiger partial charge in [-0.25, -0.2) is 15.0 Å². The molecule has 4 rings (SSSR count). The molecule has 0 bridgehead atoms. The summed E-state index contributed by atoms with van der Waals surface area (Å²) in [5.74, 6) is -0.190. The molecule has 112 valence electrons. The molecule has 0 radical (unpaired) electrons. The van der Waals surface area contributed by atoms with Crippen molar-refractivity contribution < 1.29 is 13.2 Å². The normalized spacial score (nSPS) is 25.8. The van der Waals surface area contributed by atoms with Crippen LogP contribution in [0.5, 0.6) is 0 Å². The van der Waals surface area contributed by atoms with Crippen LogP contribution in [0.4, 0.5) is 19.0 Å². The maximum Gasteiger partial charge on any atom is 0.451 e. The second kappa shape index (κ2) is 4.32. The number of halogens is 3. The molecule has 2 atom stereocenters. The van der Waals surface area contributed by atoms with Gasteiger partial charge in [-0.1, -0.05) is 6.42 Å². The van der Waals surface area contributed by atoms with Crippen molar-refractivity contribution in [2.45, 2.75) is 37.9 Å². The van der Waals surface area contributed by atoms with Gasteiger partial charge in [-0.05, 0) is 25.2 Å². The van der Waals surface area contributed by atoms with Gasteiger partial charge < -0.3 is 9.88 Å². The third-order valence-corrected chi connectivity index (χ3v) is 4.55. The second-order valence-electron chi connectivity index (χ2n) is 5.71. The highest BCUT2D eigenvalue weighted by atomic mass is 19.4. The SMILES string of the molecule is FC(F)(F)c1nc(N2CCC3CCCC32)c2[nH]cnc2n1. The summed E-state index contributed by atoms with van der Waals surface area (Å²) in [4.78, 5) is 16.1. The predicted molar refractivity (Wildman–Crippen MR) is 69.8 cm³/mol. The van der Waals surface area contributed by atoms with Crippen molar-refractivity contribution in [3.63, 3.8) is 0 Å². The van der Waals surface area contributed by atoms with Crippen LogP contribution in [-0.4, -0.2) is 32.5 Å². The molecule has 8 heteroatoms. The van der Waals surface area contributed by atoms with Crippen LogP contribution in [0, 0.1) is 5.92 Å². The molecule has 2 fully saturated rings. The molecule has 1 aliphatic heterocycles. The molecular weight excluding hydrogens is 283 g/mol. The minimum absolute atomic E-state index is 0.0776. The van der Waals surface area contributed by atoms with Gasteiger partial charge in [-0.15, -0.1) is 0 Å². The number of H-pyrrole nitrogens is 1. The Kier molecular flexibility index (Phi) is 2.64. The van der Waals surface area contributed by atoms with E-state index in [1.54, 1.807) is 0 Å². The first-order chi connectivity index (χ1) is 10.0. The summed E-state index contributed by atoms with van der Waals surface area (Å²) in [6.45, 7) is 0.748. The zero-order valence-corrected chi connectivity index (χ0v) is 11.2. The van der Waals surface area contributed by atoms with E-state index in [0.717, 1.165) is 32.2 Å². The number of hydrogen-bond donors (Lipinski definition) is 1. The summed E-state index contributed by atoms with van der Waals surface area (Å²) in [5.41, 5.74) is 0.573. The van der Waals surface area contributed by atoms with E-state index in [1.165, 1.54) is 6.33 Å². The molecule has 0 spiro atoms. The molecule has 3 heterocycles. The number of hydrogen-bond acceptors (Lipinski definition) is 4. The highest BCUT2D eigenvalue weighted by Crippen LogP contribution is 2.41. The van der Waals surface area contributed by atoms with Crippen LogP contribution < -0.4 is 4.90 Å². The van der Waals surface area contributed by atoms with Crippen LogP contribution in [0.1, 0.15) is 31.5 Å². The topological polar surface area (TPSA) is 57.7 Å². The van der Waals surface area contributed by atoms with Crippen LogP contribution in [-0.2, 0) is 6.18 Å². The number of anilines is 1. The number of nitrogens with zero attached hydrogens (tertiary/aromatic N) is 4. The molecule has 5 nitrogen and oxygen atoms in total. The molecule has 21 heavy (non-hydrogen) atoms. The first-order valence-corrected chi connectivity index (χ1v) is 7.09. The van der Waals surface area contributed by atoms with E-state index in [-0.39, 0.29) is 5.65 Å². The average Bonchev–Trinajstić information content (AvgIpc) is 3.12. The lowest BCUT2D eigenvalue weighted by molar-refractivity contribution is -0.144. The minimum atomic E-state index is -4.56. The Hall–Kier alpha value is -1.86. The largest absolute Gasteiger partial charge is 0.451 e. The van der Waals surface area contributed by atoms with Crippen molar-refractivity contribution in [3.05, 3.63) is 12.2 Å². The molecule has 2 aromatic rings. The van der Waals surface area contributed by atoms with Crippen LogP contribution in [0.3, 0.4) is 0 Å². The lowest BCUT2D eigenvalue weighted by Gasteiger charge is -2.25. The molecule has 0 aromatic carbocycles. The van der Waals surface area contributed by atoms with E-state index in [0.29, 0.717) is 23.3 Å². The Morgan fingerprint density at radius 3 is 2.86 bits per heavy atom. The molecule has 0 amide bonds. The van der Waals surface area contributed by atoms with E-state index in [9.17, 15) is 13.2 Å². The van der Waals surface area contributed by atoms with Crippen LogP contribution in [0.25, 0.3) is 11.2 Å². The zero-order chi connectivity index (χ0) is 14.6. The molecule has 1 N–H and O–H groups in total. The van der Waals surface area contributed by atoms with Gasteiger partial charge in [0.05, 0.1) is 6.33 Å². The van der Waals surface area contributed by atoms with E-state index < -0.39 is 12.0 Å². The molecule has 1 aliphatic carbocycles. The third kappa shape index (κ3) is 1.96. The van der Waals surface area contributed by atoms with Crippen molar-refractivity contribution in [2.24, 2.45) is 5.92 Å². The maximum absolute atomic E-state index is 13.0. The summed E-state index contributed by atoms with van der Waals surface area (Å²) in [5, 5.41) is 0. The standard InChI is InChI=1S/C13H14F3N5/c14-13(15,16)12-19-10-9(17-6-18-10)11(20-12)21-5-4-7-2-1-3-8(7)21/h6-8H,1-5H2,(H,17,18,19,20). The van der Waals surface area contributed by atoms with Gasteiger partial charge in [0, 0.05) is 12.6 Å². The Labute approximate surface area is 118 Å². The van der Waals surface area contributed by atoms with Gasteiger partial charge in [-0.3, -0.25) is 0 Å². The first kappa shape index (κ1) is 12.8. The Morgan fingerprint density at radius 2 is 2.05 bits per heavy atom. The van der Waals surface area contributed by atoms with Gasteiger partial charge in [0.25, 0.3) is 0 Å². The number of rotatable bonds is 1. The second-order valence-corrected chi connectivity index (χ2v) is 5.71. The van der Waals surface area contributed by atoms with Gasteiger partial charge in [0.2, 0.25) is 5.82 Å². The average molecular weight is 297 g/mol. The number of alkyl halides is 3. The van der Waals surface area contributed by atoms with Crippen molar-refractivity contribution in [2.75, 3.05) is 11.4 Å². The highest BCUT2D eigenvalue weighted by Gasteiger charge is 2.41. The number of imidazole rings is 1. The van der Waals surface area contributed by atoms with Gasteiger partial charge in [-0.2, -0.15) is 13.2 Å². The van der Waals surface area contributed by atoms with Crippen LogP contribution in [0.15, 0.2) is 6.33 Å². The van der Waals surface area contributed by atoms with E-state index in [4.69, 9.17) is 0 Å². The van der Waals surface area contributed by atoms with Crippen molar-refractivity contribution >= 4 is 17.0 Å². The fourth-order valence-electron chi connectivity index (χ4n) is 3.65. The quantitative estimate of drug-likeness (QED) is 0.879. The first-order valence-electron chi connectivity index (χ1n) is 7.09. The number of fused-ring (bicyclic) bond motifs is 2. The van der Waals surface area contributed by atoms with E-state index in [2.05, 4.69) is 19.9 Å². The van der Waals surface area contributed by atoms with Crippen molar-refractivity contribution in [3.8, 4) is 0 Å².